The number of hydrogen-bond acceptors (Lipinski definition) is 2. The Labute approximate surface area is 104 Å². The summed E-state index contributed by atoms with van der Waals surface area (Å²) >= 11 is 0. The fourth-order valence-electron chi connectivity index (χ4n) is 4.88. The number of rotatable bonds is 2. The van der Waals surface area contributed by atoms with Gasteiger partial charge in [-0.15, -0.1) is 0 Å². The van der Waals surface area contributed by atoms with Crippen molar-refractivity contribution in [3.63, 3.8) is 0 Å². The Morgan fingerprint density at radius 1 is 0.941 bits per heavy atom. The van der Waals surface area contributed by atoms with Crippen LogP contribution in [0, 0.1) is 5.41 Å². The summed E-state index contributed by atoms with van der Waals surface area (Å²) < 4.78 is 5.97. The Hall–Kier alpha value is -0.0800. The minimum absolute atomic E-state index is 0.557. The summed E-state index contributed by atoms with van der Waals surface area (Å²) in [5.74, 6) is 0. The fourth-order valence-corrected chi connectivity index (χ4v) is 4.88. The maximum atomic E-state index is 5.97. The molecule has 1 N–H and O–H groups in total. The van der Waals surface area contributed by atoms with Crippen LogP contribution in [0.25, 0.3) is 0 Å². The van der Waals surface area contributed by atoms with E-state index in [0.717, 1.165) is 6.04 Å². The van der Waals surface area contributed by atoms with Gasteiger partial charge in [0, 0.05) is 12.1 Å². The van der Waals surface area contributed by atoms with Crippen LogP contribution in [-0.2, 0) is 4.74 Å². The lowest BCUT2D eigenvalue weighted by Crippen LogP contribution is -2.58. The molecule has 0 aromatic carbocycles. The highest BCUT2D eigenvalue weighted by Gasteiger charge is 2.50. The lowest BCUT2D eigenvalue weighted by molar-refractivity contribution is 0.00929. The molecule has 96 valence electrons. The number of nitrogens with one attached hydrogen (secondary N) is 1. The molecule has 4 atom stereocenters. The van der Waals surface area contributed by atoms with Gasteiger partial charge in [-0.05, 0) is 50.4 Å². The standard InChI is InChI=1S/C15H25NO/c1-2-7-15(8-3-1)9-6-14(15)16-12-10-11-4-5-13(12)17-11/h11-14,16H,1-10H2. The molecule has 0 aromatic heterocycles. The Kier molecular flexibility index (Phi) is 2.52. The first kappa shape index (κ1) is 10.8. The lowest BCUT2D eigenvalue weighted by Gasteiger charge is -2.53. The van der Waals surface area contributed by atoms with Crippen molar-refractivity contribution >= 4 is 0 Å². The van der Waals surface area contributed by atoms with Gasteiger partial charge in [0.15, 0.2) is 0 Å². The highest BCUT2D eigenvalue weighted by atomic mass is 16.5. The zero-order valence-corrected chi connectivity index (χ0v) is 10.8. The van der Waals surface area contributed by atoms with Crippen molar-refractivity contribution in [2.75, 3.05) is 0 Å². The second-order valence-electron chi connectivity index (χ2n) is 6.90. The summed E-state index contributed by atoms with van der Waals surface area (Å²) in [5, 5.41) is 3.98. The fraction of sp³-hybridized carbons (Fsp3) is 1.00. The highest BCUT2D eigenvalue weighted by molar-refractivity contribution is 5.05. The van der Waals surface area contributed by atoms with Crippen molar-refractivity contribution in [2.24, 2.45) is 5.41 Å². The molecule has 2 heterocycles. The van der Waals surface area contributed by atoms with Crippen molar-refractivity contribution < 1.29 is 4.74 Å². The zero-order valence-electron chi connectivity index (χ0n) is 10.8. The Morgan fingerprint density at radius 2 is 1.82 bits per heavy atom. The van der Waals surface area contributed by atoms with Crippen LogP contribution in [0.3, 0.4) is 0 Å². The molecule has 4 fully saturated rings. The van der Waals surface area contributed by atoms with E-state index in [4.69, 9.17) is 4.74 Å². The second kappa shape index (κ2) is 3.96. The van der Waals surface area contributed by atoms with E-state index in [-0.39, 0.29) is 0 Å². The third-order valence-corrected chi connectivity index (χ3v) is 6.04. The van der Waals surface area contributed by atoms with E-state index in [0.29, 0.717) is 23.7 Å². The molecule has 0 aromatic rings. The molecule has 2 nitrogen and oxygen atoms in total. The van der Waals surface area contributed by atoms with Crippen molar-refractivity contribution in [2.45, 2.75) is 88.5 Å². The minimum atomic E-state index is 0.557. The van der Waals surface area contributed by atoms with Gasteiger partial charge < -0.3 is 10.1 Å². The molecule has 4 unspecified atom stereocenters. The van der Waals surface area contributed by atoms with Crippen LogP contribution in [0.1, 0.15) is 64.2 Å². The molecule has 0 amide bonds. The average Bonchev–Trinajstić information content (AvgIpc) is 2.98. The van der Waals surface area contributed by atoms with Crippen LogP contribution in [0.2, 0.25) is 0 Å². The molecule has 4 rings (SSSR count). The van der Waals surface area contributed by atoms with Crippen LogP contribution >= 0.6 is 0 Å². The molecule has 2 saturated heterocycles. The molecular formula is C15H25NO. The average molecular weight is 235 g/mol. The van der Waals surface area contributed by atoms with E-state index in [2.05, 4.69) is 5.32 Å². The van der Waals surface area contributed by atoms with Crippen LogP contribution in [0.15, 0.2) is 0 Å². The first-order valence-electron chi connectivity index (χ1n) is 7.77. The first-order valence-corrected chi connectivity index (χ1v) is 7.77. The summed E-state index contributed by atoms with van der Waals surface area (Å²) in [7, 11) is 0. The highest BCUT2D eigenvalue weighted by Crippen LogP contribution is 2.52. The van der Waals surface area contributed by atoms with E-state index >= 15 is 0 Å². The predicted molar refractivity (Wildman–Crippen MR) is 68.0 cm³/mol. The van der Waals surface area contributed by atoms with Gasteiger partial charge in [0.05, 0.1) is 12.2 Å². The molecule has 4 aliphatic rings. The van der Waals surface area contributed by atoms with Gasteiger partial charge in [0.1, 0.15) is 0 Å². The molecule has 0 radical (unpaired) electrons. The van der Waals surface area contributed by atoms with Gasteiger partial charge in [0.25, 0.3) is 0 Å². The van der Waals surface area contributed by atoms with Gasteiger partial charge in [-0.2, -0.15) is 0 Å². The van der Waals surface area contributed by atoms with Crippen LogP contribution in [0.4, 0.5) is 0 Å². The normalized spacial score (nSPS) is 47.3. The molecule has 2 aliphatic carbocycles. The van der Waals surface area contributed by atoms with Crippen LogP contribution < -0.4 is 5.32 Å². The second-order valence-corrected chi connectivity index (χ2v) is 6.90. The van der Waals surface area contributed by atoms with E-state index in [1.165, 1.54) is 64.2 Å². The van der Waals surface area contributed by atoms with Crippen molar-refractivity contribution in [3.05, 3.63) is 0 Å². The molecular weight excluding hydrogens is 210 g/mol. The van der Waals surface area contributed by atoms with Crippen LogP contribution in [0.5, 0.6) is 0 Å². The summed E-state index contributed by atoms with van der Waals surface area (Å²) in [6, 6.07) is 1.52. The topological polar surface area (TPSA) is 21.3 Å². The molecule has 2 heteroatoms. The van der Waals surface area contributed by atoms with Gasteiger partial charge in [-0.1, -0.05) is 19.3 Å². The SMILES string of the molecule is C1CCC2(CC1)CCC2NC1CC2CCC1O2. The van der Waals surface area contributed by atoms with E-state index in [1.807, 2.05) is 0 Å². The summed E-state index contributed by atoms with van der Waals surface area (Å²) in [4.78, 5) is 0. The number of hydrogen-bond donors (Lipinski definition) is 1. The third-order valence-electron chi connectivity index (χ3n) is 6.04. The Bertz CT molecular complexity index is 297. The van der Waals surface area contributed by atoms with E-state index in [1.54, 1.807) is 0 Å². The first-order chi connectivity index (χ1) is 8.36. The maximum absolute atomic E-state index is 5.97. The van der Waals surface area contributed by atoms with E-state index in [9.17, 15) is 0 Å². The van der Waals surface area contributed by atoms with Gasteiger partial charge in [-0.3, -0.25) is 0 Å². The lowest BCUT2D eigenvalue weighted by atomic mass is 9.57. The molecule has 1 spiro atoms. The molecule has 2 aliphatic heterocycles. The Morgan fingerprint density at radius 3 is 2.41 bits per heavy atom. The summed E-state index contributed by atoms with van der Waals surface area (Å²) in [6.07, 6.45) is 15.4. The maximum Gasteiger partial charge on any atom is 0.0733 e. The van der Waals surface area contributed by atoms with Crippen molar-refractivity contribution in [3.8, 4) is 0 Å². The zero-order chi connectivity index (χ0) is 11.3. The predicted octanol–water partition coefficient (Wildman–Crippen LogP) is 3.01. The third kappa shape index (κ3) is 1.67. The van der Waals surface area contributed by atoms with E-state index < -0.39 is 0 Å². The molecule has 2 saturated carbocycles. The van der Waals surface area contributed by atoms with Crippen molar-refractivity contribution in [1.29, 1.82) is 0 Å². The smallest absolute Gasteiger partial charge is 0.0733 e. The van der Waals surface area contributed by atoms with Crippen molar-refractivity contribution in [1.82, 2.24) is 5.32 Å². The Balaban J connectivity index is 1.39. The quantitative estimate of drug-likeness (QED) is 0.794. The molecule has 2 bridgehead atoms. The monoisotopic (exact) mass is 235 g/mol. The van der Waals surface area contributed by atoms with Gasteiger partial charge >= 0.3 is 0 Å². The summed E-state index contributed by atoms with van der Waals surface area (Å²) in [6.45, 7) is 0. The van der Waals surface area contributed by atoms with Gasteiger partial charge in [-0.25, -0.2) is 0 Å². The minimum Gasteiger partial charge on any atom is -0.373 e. The largest absolute Gasteiger partial charge is 0.373 e. The van der Waals surface area contributed by atoms with Crippen LogP contribution in [-0.4, -0.2) is 24.3 Å². The summed E-state index contributed by atoms with van der Waals surface area (Å²) in [5.41, 5.74) is 0.708. The molecule has 17 heavy (non-hydrogen) atoms. The van der Waals surface area contributed by atoms with Gasteiger partial charge in [0.2, 0.25) is 0 Å². The number of fused-ring (bicyclic) bond motifs is 2. The number of ether oxygens (including phenoxy) is 1.